The summed E-state index contributed by atoms with van der Waals surface area (Å²) >= 11 is 0. The summed E-state index contributed by atoms with van der Waals surface area (Å²) in [5.41, 5.74) is 3.16. The highest BCUT2D eigenvalue weighted by atomic mass is 16.4. The molecule has 2 N–H and O–H groups in total. The first kappa shape index (κ1) is 16.4. The molecule has 118 valence electrons. The summed E-state index contributed by atoms with van der Waals surface area (Å²) in [5, 5.41) is 9.08. The molecule has 0 bridgehead atoms. The molecule has 1 heterocycles. The Kier molecular flexibility index (Phi) is 4.91. The first-order valence-corrected chi connectivity index (χ1v) is 7.39. The predicted octanol–water partition coefficient (Wildman–Crippen LogP) is 4.16. The van der Waals surface area contributed by atoms with Crippen LogP contribution in [-0.4, -0.2) is 26.8 Å². The second-order valence-corrected chi connectivity index (χ2v) is 4.73. The van der Waals surface area contributed by atoms with E-state index in [1.165, 1.54) is 13.0 Å². The van der Waals surface area contributed by atoms with Gasteiger partial charge in [0.2, 0.25) is 0 Å². The number of carbonyl (C=O) groups is 2. The van der Waals surface area contributed by atoms with Crippen molar-refractivity contribution < 1.29 is 14.7 Å². The van der Waals surface area contributed by atoms with Gasteiger partial charge in [-0.15, -0.1) is 0 Å². The Morgan fingerprint density at radius 3 is 2.43 bits per heavy atom. The number of Topliss-reactive ketones (excluding diaryl/α,β-unsaturated/α-hetero) is 1. The molecule has 0 amide bonds. The van der Waals surface area contributed by atoms with Crippen molar-refractivity contribution in [3.63, 3.8) is 0 Å². The maximum Gasteiger partial charge on any atom is 0.335 e. The molecule has 0 spiro atoms. The molecule has 0 atom stereocenters. The third-order valence-corrected chi connectivity index (χ3v) is 3.27. The van der Waals surface area contributed by atoms with E-state index >= 15 is 0 Å². The van der Waals surface area contributed by atoms with Crippen LogP contribution in [0.15, 0.2) is 42.5 Å². The van der Waals surface area contributed by atoms with Crippen molar-refractivity contribution in [1.82, 2.24) is 9.97 Å². The summed E-state index contributed by atoms with van der Waals surface area (Å²) in [6.07, 6.45) is 0. The van der Waals surface area contributed by atoms with Gasteiger partial charge in [-0.1, -0.05) is 38.1 Å². The monoisotopic (exact) mass is 310 g/mol. The van der Waals surface area contributed by atoms with E-state index in [-0.39, 0.29) is 11.3 Å². The van der Waals surface area contributed by atoms with E-state index in [0.717, 1.165) is 16.6 Å². The third-order valence-electron chi connectivity index (χ3n) is 3.27. The smallest absolute Gasteiger partial charge is 0.335 e. The highest BCUT2D eigenvalue weighted by Crippen LogP contribution is 2.28. The second-order valence-electron chi connectivity index (χ2n) is 4.73. The van der Waals surface area contributed by atoms with Crippen LogP contribution in [0, 0.1) is 0 Å². The molecule has 0 saturated carbocycles. The Balaban J connectivity index is 0.000000924. The normalized spacial score (nSPS) is 10.0. The Hall–Kier alpha value is -2.95. The molecule has 0 fully saturated rings. The number of carbonyl (C=O) groups excluding carboxylic acids is 1. The third kappa shape index (κ3) is 3.29. The number of aromatic nitrogens is 2. The van der Waals surface area contributed by atoms with Crippen LogP contribution in [0.3, 0.4) is 0 Å². The molecule has 2 aromatic carbocycles. The fourth-order valence-electron chi connectivity index (χ4n) is 2.25. The molecule has 5 heteroatoms. The van der Waals surface area contributed by atoms with Gasteiger partial charge in [-0.3, -0.25) is 4.79 Å². The average molecular weight is 310 g/mol. The van der Waals surface area contributed by atoms with Crippen LogP contribution < -0.4 is 0 Å². The maximum atomic E-state index is 11.4. The zero-order valence-corrected chi connectivity index (χ0v) is 13.3. The number of H-pyrrole nitrogens is 1. The van der Waals surface area contributed by atoms with Gasteiger partial charge in [0.25, 0.3) is 0 Å². The maximum absolute atomic E-state index is 11.4. The van der Waals surface area contributed by atoms with Crippen molar-refractivity contribution in [2.24, 2.45) is 0 Å². The zero-order chi connectivity index (χ0) is 17.0. The van der Waals surface area contributed by atoms with Gasteiger partial charge in [-0.2, -0.15) is 0 Å². The topological polar surface area (TPSA) is 83.1 Å². The van der Waals surface area contributed by atoms with Crippen molar-refractivity contribution in [3.8, 4) is 11.1 Å². The van der Waals surface area contributed by atoms with Gasteiger partial charge in [0, 0.05) is 12.5 Å². The fourth-order valence-corrected chi connectivity index (χ4v) is 2.25. The van der Waals surface area contributed by atoms with Crippen molar-refractivity contribution in [2.45, 2.75) is 20.8 Å². The number of ketones is 1. The van der Waals surface area contributed by atoms with Crippen molar-refractivity contribution in [1.29, 1.82) is 0 Å². The van der Waals surface area contributed by atoms with Gasteiger partial charge < -0.3 is 10.1 Å². The highest BCUT2D eigenvalue weighted by Gasteiger charge is 2.12. The van der Waals surface area contributed by atoms with Gasteiger partial charge in [0.15, 0.2) is 11.6 Å². The van der Waals surface area contributed by atoms with Crippen LogP contribution >= 0.6 is 0 Å². The molecule has 3 rings (SSSR count). The lowest BCUT2D eigenvalue weighted by Gasteiger charge is -2.04. The largest absolute Gasteiger partial charge is 0.478 e. The number of imidazole rings is 1. The fraction of sp³-hybridized carbons (Fsp3) is 0.167. The van der Waals surface area contributed by atoms with Gasteiger partial charge in [0.1, 0.15) is 0 Å². The number of hydrogen-bond donors (Lipinski definition) is 2. The minimum absolute atomic E-state index is 0.142. The molecular weight excluding hydrogens is 292 g/mol. The van der Waals surface area contributed by atoms with Crippen LogP contribution in [-0.2, 0) is 0 Å². The van der Waals surface area contributed by atoms with E-state index in [9.17, 15) is 9.59 Å². The van der Waals surface area contributed by atoms with Crippen LogP contribution in [0.2, 0.25) is 0 Å². The second kappa shape index (κ2) is 6.87. The summed E-state index contributed by atoms with van der Waals surface area (Å²) < 4.78 is 0. The molecule has 0 aliphatic rings. The first-order valence-electron chi connectivity index (χ1n) is 7.39. The molecule has 0 saturated heterocycles. The number of carboxylic acids is 1. The molecule has 5 nitrogen and oxygen atoms in total. The number of para-hydroxylation sites is 1. The van der Waals surface area contributed by atoms with Gasteiger partial charge in [0.05, 0.1) is 16.6 Å². The summed E-state index contributed by atoms with van der Waals surface area (Å²) in [7, 11) is 0. The number of aromatic carboxylic acids is 1. The molecule has 0 unspecified atom stereocenters. The summed E-state index contributed by atoms with van der Waals surface area (Å²) in [5.74, 6) is -0.821. The number of nitrogens with zero attached hydrogens (tertiary/aromatic N) is 1. The number of nitrogens with one attached hydrogen (secondary N) is 1. The first-order chi connectivity index (χ1) is 11.1. The van der Waals surface area contributed by atoms with E-state index in [0.29, 0.717) is 11.3 Å². The van der Waals surface area contributed by atoms with Gasteiger partial charge in [-0.05, 0) is 23.8 Å². The van der Waals surface area contributed by atoms with Crippen LogP contribution in [0.4, 0.5) is 0 Å². The Labute approximate surface area is 134 Å². The van der Waals surface area contributed by atoms with Crippen LogP contribution in [0.25, 0.3) is 22.2 Å². The standard InChI is InChI=1S/C16H12N2O3.C2H6/c1-9(19)15-17-13-7-3-6-12(14(13)18-15)10-4-2-5-11(8-10)16(20)21;1-2/h2-8H,1H3,(H,17,18)(H,20,21);1-2H3. The Morgan fingerprint density at radius 1 is 1.09 bits per heavy atom. The molecule has 1 aromatic heterocycles. The minimum Gasteiger partial charge on any atom is -0.478 e. The van der Waals surface area contributed by atoms with E-state index in [4.69, 9.17) is 5.11 Å². The highest BCUT2D eigenvalue weighted by molar-refractivity contribution is 5.99. The van der Waals surface area contributed by atoms with E-state index in [1.807, 2.05) is 38.1 Å². The van der Waals surface area contributed by atoms with Crippen LogP contribution in [0.5, 0.6) is 0 Å². The summed E-state index contributed by atoms with van der Waals surface area (Å²) in [6.45, 7) is 5.45. The lowest BCUT2D eigenvalue weighted by atomic mass is 10.0. The van der Waals surface area contributed by atoms with Gasteiger partial charge in [-0.25, -0.2) is 9.78 Å². The average Bonchev–Trinajstić information content (AvgIpc) is 3.01. The number of rotatable bonds is 3. The molecule has 23 heavy (non-hydrogen) atoms. The quantitative estimate of drug-likeness (QED) is 0.712. The summed E-state index contributed by atoms with van der Waals surface area (Å²) in [4.78, 5) is 29.8. The number of aromatic amines is 1. The van der Waals surface area contributed by atoms with E-state index in [1.54, 1.807) is 12.1 Å². The minimum atomic E-state index is -0.976. The van der Waals surface area contributed by atoms with Crippen molar-refractivity contribution in [3.05, 3.63) is 53.9 Å². The van der Waals surface area contributed by atoms with Gasteiger partial charge >= 0.3 is 5.97 Å². The van der Waals surface area contributed by atoms with Crippen molar-refractivity contribution in [2.75, 3.05) is 0 Å². The molecule has 0 radical (unpaired) electrons. The van der Waals surface area contributed by atoms with Crippen molar-refractivity contribution >= 4 is 22.8 Å². The molecule has 3 aromatic rings. The Morgan fingerprint density at radius 2 is 1.78 bits per heavy atom. The van der Waals surface area contributed by atoms with Crippen LogP contribution in [0.1, 0.15) is 41.7 Å². The number of hydrogen-bond acceptors (Lipinski definition) is 3. The predicted molar refractivity (Wildman–Crippen MR) is 89.8 cm³/mol. The molecule has 0 aliphatic heterocycles. The number of benzene rings is 2. The molecule has 0 aliphatic carbocycles. The molecular formula is C18H18N2O3. The Bertz CT molecular complexity index is 866. The summed E-state index contributed by atoms with van der Waals surface area (Å²) in [6, 6.07) is 12.2. The number of carboxylic acid groups (broad SMARTS) is 1. The lowest BCUT2D eigenvalue weighted by molar-refractivity contribution is 0.0696. The van der Waals surface area contributed by atoms with E-state index < -0.39 is 5.97 Å². The lowest BCUT2D eigenvalue weighted by Crippen LogP contribution is -1.96. The SMILES string of the molecule is CC.CC(=O)c1nc2c(-c3cccc(C(=O)O)c3)cccc2[nH]1. The van der Waals surface area contributed by atoms with E-state index in [2.05, 4.69) is 9.97 Å². The number of fused-ring (bicyclic) bond motifs is 1. The zero-order valence-electron chi connectivity index (χ0n) is 13.3.